The molecule has 0 aromatic rings. The molecule has 0 heterocycles. The van der Waals surface area contributed by atoms with Gasteiger partial charge in [-0.3, -0.25) is 4.79 Å². The van der Waals surface area contributed by atoms with Gasteiger partial charge >= 0.3 is 5.97 Å². The Labute approximate surface area is 161 Å². The second-order valence-corrected chi connectivity index (χ2v) is 8.03. The summed E-state index contributed by atoms with van der Waals surface area (Å²) in [6.07, 6.45) is 14.1. The van der Waals surface area contributed by atoms with Gasteiger partial charge in [-0.25, -0.2) is 4.79 Å². The van der Waals surface area contributed by atoms with Crippen molar-refractivity contribution in [1.82, 2.24) is 5.32 Å². The van der Waals surface area contributed by atoms with Gasteiger partial charge in [-0.05, 0) is 19.3 Å². The number of methoxy groups -OCH3 is 1. The summed E-state index contributed by atoms with van der Waals surface area (Å²) in [7, 11) is 5.48. The van der Waals surface area contributed by atoms with Crippen LogP contribution in [0.25, 0.3) is 0 Å². The van der Waals surface area contributed by atoms with Crippen molar-refractivity contribution in [3.8, 4) is 0 Å². The Morgan fingerprint density at radius 3 is 2.00 bits per heavy atom. The van der Waals surface area contributed by atoms with Gasteiger partial charge in [-0.2, -0.15) is 0 Å². The van der Waals surface area contributed by atoms with Crippen LogP contribution in [0.3, 0.4) is 0 Å². The molecule has 0 spiro atoms. The largest absolute Gasteiger partial charge is 0.465 e. The molecule has 0 radical (unpaired) electrons. The monoisotopic (exact) mass is 371 g/mol. The van der Waals surface area contributed by atoms with Crippen molar-refractivity contribution in [1.29, 1.82) is 0 Å². The molecule has 26 heavy (non-hydrogen) atoms. The van der Waals surface area contributed by atoms with E-state index in [-0.39, 0.29) is 11.9 Å². The predicted molar refractivity (Wildman–Crippen MR) is 108 cm³/mol. The predicted octanol–water partition coefficient (Wildman–Crippen LogP) is 4.05. The maximum atomic E-state index is 11.8. The first kappa shape index (κ1) is 24.9. The lowest BCUT2D eigenvalue weighted by atomic mass is 10.1. The summed E-state index contributed by atoms with van der Waals surface area (Å²) in [4.78, 5) is 23.2. The average Bonchev–Trinajstić information content (AvgIpc) is 2.59. The van der Waals surface area contributed by atoms with Gasteiger partial charge in [0.05, 0.1) is 27.7 Å². The summed E-state index contributed by atoms with van der Waals surface area (Å²) < 4.78 is 5.34. The Morgan fingerprint density at radius 2 is 1.42 bits per heavy atom. The minimum Gasteiger partial charge on any atom is -0.465 e. The van der Waals surface area contributed by atoms with Gasteiger partial charge in [0.25, 0.3) is 0 Å². The number of unbranched alkanes of at least 4 members (excludes halogenated alkanes) is 9. The van der Waals surface area contributed by atoms with Gasteiger partial charge in [0.2, 0.25) is 5.91 Å². The highest BCUT2D eigenvalue weighted by atomic mass is 16.5. The first-order valence-corrected chi connectivity index (χ1v) is 10.6. The van der Waals surface area contributed by atoms with Gasteiger partial charge in [0.1, 0.15) is 0 Å². The molecule has 0 rings (SSSR count). The minimum atomic E-state index is -0.177. The average molecular weight is 372 g/mol. The lowest BCUT2D eigenvalue weighted by molar-refractivity contribution is -0.883. The van der Waals surface area contributed by atoms with Crippen LogP contribution in [0, 0.1) is 0 Å². The zero-order valence-corrected chi connectivity index (χ0v) is 17.8. The second-order valence-electron chi connectivity index (χ2n) is 8.03. The van der Waals surface area contributed by atoms with Crippen LogP contribution in [0.5, 0.6) is 0 Å². The molecule has 1 N–H and O–H groups in total. The maximum absolute atomic E-state index is 11.8. The zero-order chi connectivity index (χ0) is 19.7. The molecule has 1 amide bonds. The third-order valence-corrected chi connectivity index (χ3v) is 4.80. The van der Waals surface area contributed by atoms with E-state index in [1.165, 1.54) is 58.5 Å². The van der Waals surface area contributed by atoms with Crippen LogP contribution in [-0.2, 0) is 14.3 Å². The summed E-state index contributed by atoms with van der Waals surface area (Å²) in [5.74, 6) is 0.000480. The minimum absolute atomic E-state index is 0.177. The van der Waals surface area contributed by atoms with Crippen molar-refractivity contribution in [2.75, 3.05) is 40.8 Å². The summed E-state index contributed by atoms with van der Waals surface area (Å²) in [6, 6.07) is 0. The number of quaternary nitrogens is 1. The third-order valence-electron chi connectivity index (χ3n) is 4.80. The fourth-order valence-electron chi connectivity index (χ4n) is 3.07. The number of amides is 1. The van der Waals surface area contributed by atoms with E-state index in [0.717, 1.165) is 32.4 Å². The molecular weight excluding hydrogens is 328 g/mol. The first-order valence-electron chi connectivity index (χ1n) is 10.6. The summed E-state index contributed by atoms with van der Waals surface area (Å²) in [5, 5.41) is 3.01. The van der Waals surface area contributed by atoms with E-state index in [0.29, 0.717) is 17.4 Å². The number of nitrogens with one attached hydrogen (secondary N) is 1. The molecule has 0 saturated heterocycles. The van der Waals surface area contributed by atoms with Crippen LogP contribution in [0.2, 0.25) is 0 Å². The van der Waals surface area contributed by atoms with Crippen LogP contribution < -0.4 is 5.32 Å². The summed E-state index contributed by atoms with van der Waals surface area (Å²) in [5.41, 5.74) is 0. The van der Waals surface area contributed by atoms with Crippen molar-refractivity contribution in [2.24, 2.45) is 0 Å². The number of hydrogen-bond donors (Lipinski definition) is 1. The SMILES string of the molecule is CCCCCCCCCCCC(=O)NCCCC[N+](C)(C)CC(=O)OC. The number of nitrogens with zero attached hydrogens (tertiary/aromatic N) is 1. The molecular formula is C21H43N2O3+. The molecule has 5 heteroatoms. The first-order chi connectivity index (χ1) is 12.4. The summed E-state index contributed by atoms with van der Waals surface area (Å²) >= 11 is 0. The smallest absolute Gasteiger partial charge is 0.361 e. The van der Waals surface area contributed by atoms with E-state index in [2.05, 4.69) is 12.2 Å². The van der Waals surface area contributed by atoms with E-state index < -0.39 is 0 Å². The fraction of sp³-hybridized carbons (Fsp3) is 0.905. The standard InChI is InChI=1S/C21H42N2O3/c1-5-6-7-8-9-10-11-12-13-16-20(24)22-17-14-15-18-23(2,3)19-21(25)26-4/h5-19H2,1-4H3/p+1. The van der Waals surface area contributed by atoms with Gasteiger partial charge in [-0.1, -0.05) is 58.3 Å². The quantitative estimate of drug-likeness (QED) is 0.238. The van der Waals surface area contributed by atoms with Gasteiger partial charge in [-0.15, -0.1) is 0 Å². The highest BCUT2D eigenvalue weighted by Crippen LogP contribution is 2.10. The van der Waals surface area contributed by atoms with Crippen LogP contribution in [-0.4, -0.2) is 57.2 Å². The molecule has 0 aromatic heterocycles. The second kappa shape index (κ2) is 16.1. The fourth-order valence-corrected chi connectivity index (χ4v) is 3.07. The third kappa shape index (κ3) is 16.4. The van der Waals surface area contributed by atoms with Crippen molar-refractivity contribution in [2.45, 2.75) is 84.0 Å². The molecule has 0 unspecified atom stereocenters. The van der Waals surface area contributed by atoms with Crippen molar-refractivity contribution >= 4 is 11.9 Å². The molecule has 0 aliphatic heterocycles. The van der Waals surface area contributed by atoms with Crippen LogP contribution in [0.15, 0.2) is 0 Å². The van der Waals surface area contributed by atoms with E-state index in [1.807, 2.05) is 14.1 Å². The Morgan fingerprint density at radius 1 is 0.846 bits per heavy atom. The maximum Gasteiger partial charge on any atom is 0.361 e. The van der Waals surface area contributed by atoms with E-state index in [4.69, 9.17) is 4.74 Å². The Kier molecular flexibility index (Phi) is 15.4. The van der Waals surface area contributed by atoms with Crippen LogP contribution >= 0.6 is 0 Å². The molecule has 0 bridgehead atoms. The number of rotatable bonds is 17. The molecule has 5 nitrogen and oxygen atoms in total. The van der Waals surface area contributed by atoms with Crippen LogP contribution in [0.4, 0.5) is 0 Å². The number of hydrogen-bond acceptors (Lipinski definition) is 3. The van der Waals surface area contributed by atoms with Crippen molar-refractivity contribution < 1.29 is 18.8 Å². The highest BCUT2D eigenvalue weighted by Gasteiger charge is 2.19. The molecule has 0 saturated carbocycles. The number of carbonyl (C=O) groups is 2. The summed E-state index contributed by atoms with van der Waals surface area (Å²) in [6.45, 7) is 4.27. The van der Waals surface area contributed by atoms with E-state index >= 15 is 0 Å². The number of carbonyl (C=O) groups excluding carboxylic acids is 2. The number of likely N-dealkylation sites (N-methyl/N-ethyl adjacent to an activating group) is 1. The lowest BCUT2D eigenvalue weighted by Crippen LogP contribution is -2.45. The normalized spacial score (nSPS) is 11.4. The molecule has 154 valence electrons. The molecule has 0 aromatic carbocycles. The zero-order valence-electron chi connectivity index (χ0n) is 17.8. The lowest BCUT2D eigenvalue weighted by Gasteiger charge is -2.28. The number of ether oxygens (including phenoxy) is 1. The Hall–Kier alpha value is -1.10. The molecule has 0 fully saturated rings. The molecule has 0 aliphatic rings. The van der Waals surface area contributed by atoms with Gasteiger partial charge < -0.3 is 14.5 Å². The van der Waals surface area contributed by atoms with E-state index in [9.17, 15) is 9.59 Å². The van der Waals surface area contributed by atoms with Gasteiger partial charge in [0.15, 0.2) is 6.54 Å². The molecule has 0 atom stereocenters. The van der Waals surface area contributed by atoms with Gasteiger partial charge in [0, 0.05) is 13.0 Å². The highest BCUT2D eigenvalue weighted by molar-refractivity contribution is 5.75. The van der Waals surface area contributed by atoms with Crippen molar-refractivity contribution in [3.05, 3.63) is 0 Å². The topological polar surface area (TPSA) is 55.4 Å². The Balaban J connectivity index is 3.45. The van der Waals surface area contributed by atoms with Crippen molar-refractivity contribution in [3.63, 3.8) is 0 Å². The van der Waals surface area contributed by atoms with E-state index in [1.54, 1.807) is 0 Å². The molecule has 0 aliphatic carbocycles. The Bertz CT molecular complexity index is 370. The number of esters is 1. The van der Waals surface area contributed by atoms with Crippen LogP contribution in [0.1, 0.15) is 84.0 Å².